The van der Waals surface area contributed by atoms with Crippen molar-refractivity contribution < 1.29 is 18.7 Å². The third-order valence-electron chi connectivity index (χ3n) is 2.78. The Morgan fingerprint density at radius 2 is 2.32 bits per heavy atom. The van der Waals surface area contributed by atoms with Crippen molar-refractivity contribution in [3.05, 3.63) is 29.6 Å². The van der Waals surface area contributed by atoms with Gasteiger partial charge < -0.3 is 20.2 Å². The van der Waals surface area contributed by atoms with Gasteiger partial charge in [-0.1, -0.05) is 6.07 Å². The number of hydrazine groups is 1. The molecule has 1 amide bonds. The van der Waals surface area contributed by atoms with Crippen molar-refractivity contribution in [2.45, 2.75) is 6.10 Å². The first kappa shape index (κ1) is 13.7. The molecule has 1 aliphatic rings. The number of nitrogens with one attached hydrogen (secondary N) is 2. The number of benzene rings is 1. The van der Waals surface area contributed by atoms with Crippen LogP contribution in [0.1, 0.15) is 10.4 Å². The van der Waals surface area contributed by atoms with Crippen LogP contribution in [0.3, 0.4) is 0 Å². The van der Waals surface area contributed by atoms with Gasteiger partial charge in [0.2, 0.25) is 0 Å². The van der Waals surface area contributed by atoms with Crippen LogP contribution in [0.5, 0.6) is 0 Å². The fourth-order valence-electron chi connectivity index (χ4n) is 1.82. The van der Waals surface area contributed by atoms with Crippen LogP contribution < -0.4 is 16.6 Å². The van der Waals surface area contributed by atoms with Crippen LogP contribution in [-0.2, 0) is 9.47 Å². The van der Waals surface area contributed by atoms with Gasteiger partial charge in [-0.3, -0.25) is 10.6 Å². The Labute approximate surface area is 110 Å². The highest BCUT2D eigenvalue weighted by molar-refractivity contribution is 5.99. The molecule has 1 saturated heterocycles. The molecule has 1 heterocycles. The Bertz CT molecular complexity index is 450. The molecule has 0 saturated carbocycles. The maximum Gasteiger partial charge on any atom is 0.253 e. The SMILES string of the molecule is NNc1c(F)cccc1C(=O)NCC1COCCO1. The van der Waals surface area contributed by atoms with Gasteiger partial charge in [-0.25, -0.2) is 4.39 Å². The van der Waals surface area contributed by atoms with Crippen LogP contribution in [0.2, 0.25) is 0 Å². The van der Waals surface area contributed by atoms with Crippen molar-refractivity contribution in [1.29, 1.82) is 0 Å². The standard InChI is InChI=1S/C12H16FN3O3/c13-10-3-1-2-9(11(10)16-14)12(17)15-6-8-7-18-4-5-19-8/h1-3,8,16H,4-7,14H2,(H,15,17). The van der Waals surface area contributed by atoms with Crippen molar-refractivity contribution in [3.8, 4) is 0 Å². The lowest BCUT2D eigenvalue weighted by Crippen LogP contribution is -2.40. The van der Waals surface area contributed by atoms with Gasteiger partial charge in [0.05, 0.1) is 37.2 Å². The molecule has 0 aliphatic carbocycles. The lowest BCUT2D eigenvalue weighted by molar-refractivity contribution is -0.0855. The summed E-state index contributed by atoms with van der Waals surface area (Å²) in [4.78, 5) is 11.9. The fraction of sp³-hybridized carbons (Fsp3) is 0.417. The molecule has 1 atom stereocenters. The Kier molecular flexibility index (Phi) is 4.67. The predicted octanol–water partition coefficient (Wildman–Crippen LogP) is 0.256. The highest BCUT2D eigenvalue weighted by atomic mass is 19.1. The molecular weight excluding hydrogens is 253 g/mol. The number of nitrogen functional groups attached to an aromatic ring is 1. The summed E-state index contributed by atoms with van der Waals surface area (Å²) in [5.41, 5.74) is 2.32. The molecule has 0 spiro atoms. The van der Waals surface area contributed by atoms with Crippen LogP contribution in [0, 0.1) is 5.82 Å². The largest absolute Gasteiger partial charge is 0.376 e. The number of halogens is 1. The van der Waals surface area contributed by atoms with Crippen LogP contribution in [0.15, 0.2) is 18.2 Å². The number of anilines is 1. The minimum atomic E-state index is -0.576. The zero-order valence-corrected chi connectivity index (χ0v) is 10.3. The van der Waals surface area contributed by atoms with Crippen LogP contribution in [0.4, 0.5) is 10.1 Å². The lowest BCUT2D eigenvalue weighted by atomic mass is 10.1. The number of hydrogen-bond acceptors (Lipinski definition) is 5. The van der Waals surface area contributed by atoms with E-state index in [9.17, 15) is 9.18 Å². The highest BCUT2D eigenvalue weighted by Crippen LogP contribution is 2.18. The van der Waals surface area contributed by atoms with Crippen molar-refractivity contribution in [1.82, 2.24) is 5.32 Å². The Balaban J connectivity index is 1.97. The molecule has 0 bridgehead atoms. The monoisotopic (exact) mass is 269 g/mol. The quantitative estimate of drug-likeness (QED) is 0.539. The second-order valence-corrected chi connectivity index (χ2v) is 4.08. The van der Waals surface area contributed by atoms with E-state index in [1.807, 2.05) is 0 Å². The third kappa shape index (κ3) is 3.40. The number of rotatable bonds is 4. The average molecular weight is 269 g/mol. The molecule has 6 nitrogen and oxygen atoms in total. The zero-order chi connectivity index (χ0) is 13.7. The number of para-hydroxylation sites is 1. The molecular formula is C12H16FN3O3. The highest BCUT2D eigenvalue weighted by Gasteiger charge is 2.18. The maximum atomic E-state index is 13.4. The van der Waals surface area contributed by atoms with Crippen LogP contribution >= 0.6 is 0 Å². The number of ether oxygens (including phenoxy) is 2. The molecule has 7 heteroatoms. The van der Waals surface area contributed by atoms with Gasteiger partial charge in [0.1, 0.15) is 5.82 Å². The summed E-state index contributed by atoms with van der Waals surface area (Å²) in [6, 6.07) is 4.17. The number of nitrogens with two attached hydrogens (primary N) is 1. The van der Waals surface area contributed by atoms with Gasteiger partial charge in [0, 0.05) is 6.54 Å². The summed E-state index contributed by atoms with van der Waals surface area (Å²) in [5, 5.41) is 2.66. The molecule has 19 heavy (non-hydrogen) atoms. The maximum absolute atomic E-state index is 13.4. The predicted molar refractivity (Wildman–Crippen MR) is 67.1 cm³/mol. The Morgan fingerprint density at radius 1 is 1.47 bits per heavy atom. The van der Waals surface area contributed by atoms with Crippen molar-refractivity contribution in [3.63, 3.8) is 0 Å². The van der Waals surface area contributed by atoms with E-state index >= 15 is 0 Å². The van der Waals surface area contributed by atoms with Gasteiger partial charge in [0.15, 0.2) is 0 Å². The summed E-state index contributed by atoms with van der Waals surface area (Å²) in [7, 11) is 0. The van der Waals surface area contributed by atoms with E-state index in [-0.39, 0.29) is 17.4 Å². The number of carbonyl (C=O) groups is 1. The molecule has 1 unspecified atom stereocenters. The van der Waals surface area contributed by atoms with Gasteiger partial charge in [-0.15, -0.1) is 0 Å². The molecule has 4 N–H and O–H groups in total. The topological polar surface area (TPSA) is 85.6 Å². The van der Waals surface area contributed by atoms with Crippen molar-refractivity contribution in [2.75, 3.05) is 31.8 Å². The van der Waals surface area contributed by atoms with Crippen LogP contribution in [0.25, 0.3) is 0 Å². The smallest absolute Gasteiger partial charge is 0.253 e. The summed E-state index contributed by atoms with van der Waals surface area (Å²) in [6.45, 7) is 1.82. The van der Waals surface area contributed by atoms with E-state index < -0.39 is 11.7 Å². The van der Waals surface area contributed by atoms with E-state index in [1.165, 1.54) is 18.2 Å². The zero-order valence-electron chi connectivity index (χ0n) is 10.3. The Morgan fingerprint density at radius 3 is 3.00 bits per heavy atom. The van der Waals surface area contributed by atoms with E-state index in [2.05, 4.69) is 10.7 Å². The van der Waals surface area contributed by atoms with Crippen molar-refractivity contribution in [2.24, 2.45) is 5.84 Å². The normalized spacial score (nSPS) is 18.9. The van der Waals surface area contributed by atoms with Gasteiger partial charge in [-0.05, 0) is 12.1 Å². The number of hydrogen-bond donors (Lipinski definition) is 3. The van der Waals surface area contributed by atoms with Gasteiger partial charge in [-0.2, -0.15) is 0 Å². The second-order valence-electron chi connectivity index (χ2n) is 4.08. The molecule has 2 rings (SSSR count). The first-order chi connectivity index (χ1) is 9.22. The van der Waals surface area contributed by atoms with Crippen LogP contribution in [-0.4, -0.2) is 38.4 Å². The summed E-state index contributed by atoms with van der Waals surface area (Å²) >= 11 is 0. The summed E-state index contributed by atoms with van der Waals surface area (Å²) < 4.78 is 24.0. The number of amides is 1. The number of carbonyl (C=O) groups excluding carboxylic acids is 1. The molecule has 0 radical (unpaired) electrons. The van der Waals surface area contributed by atoms with E-state index in [0.717, 1.165) is 0 Å². The van der Waals surface area contributed by atoms with Gasteiger partial charge in [0.25, 0.3) is 5.91 Å². The Hall–Kier alpha value is -1.70. The van der Waals surface area contributed by atoms with Crippen molar-refractivity contribution >= 4 is 11.6 Å². The van der Waals surface area contributed by atoms with E-state index in [4.69, 9.17) is 15.3 Å². The molecule has 1 aromatic rings. The molecule has 0 aromatic heterocycles. The lowest BCUT2D eigenvalue weighted by Gasteiger charge is -2.23. The molecule has 1 fully saturated rings. The second kappa shape index (κ2) is 6.46. The minimum Gasteiger partial charge on any atom is -0.376 e. The van der Waals surface area contributed by atoms with E-state index in [1.54, 1.807) is 0 Å². The molecule has 1 aromatic carbocycles. The first-order valence-corrected chi connectivity index (χ1v) is 5.95. The first-order valence-electron chi connectivity index (χ1n) is 5.95. The van der Waals surface area contributed by atoms with Gasteiger partial charge >= 0.3 is 0 Å². The molecule has 1 aliphatic heterocycles. The van der Waals surface area contributed by atoms with E-state index in [0.29, 0.717) is 26.4 Å². The third-order valence-corrected chi connectivity index (χ3v) is 2.78. The summed E-state index contributed by atoms with van der Waals surface area (Å²) in [6.07, 6.45) is -0.180. The average Bonchev–Trinajstić information content (AvgIpc) is 2.45. The minimum absolute atomic E-state index is 0.0270. The summed E-state index contributed by atoms with van der Waals surface area (Å²) in [5.74, 6) is 4.22. The molecule has 104 valence electrons. The fourth-order valence-corrected chi connectivity index (χ4v) is 1.82.